The first-order valence-electron chi connectivity index (χ1n) is 7.50. The van der Waals surface area contributed by atoms with E-state index in [1.165, 1.54) is 17.7 Å². The van der Waals surface area contributed by atoms with Gasteiger partial charge in [-0.3, -0.25) is 4.98 Å². The van der Waals surface area contributed by atoms with Crippen LogP contribution in [0.2, 0.25) is 0 Å². The summed E-state index contributed by atoms with van der Waals surface area (Å²) < 4.78 is 6.10. The highest BCUT2D eigenvalue weighted by Crippen LogP contribution is 2.43. The maximum absolute atomic E-state index is 6.57. The number of ether oxygens (including phenoxy) is 1. The highest BCUT2D eigenvalue weighted by Gasteiger charge is 2.42. The zero-order chi connectivity index (χ0) is 14.2. The molecular weight excluding hydrogens is 268 g/mol. The molecule has 3 unspecified atom stereocenters. The number of aryl methyl sites for hydroxylation is 2. The van der Waals surface area contributed by atoms with Crippen LogP contribution in [0.5, 0.6) is 0 Å². The van der Waals surface area contributed by atoms with Gasteiger partial charge < -0.3 is 10.5 Å². The predicted octanol–water partition coefficient (Wildman–Crippen LogP) is 3.00. The molecule has 110 valence electrons. The fourth-order valence-corrected chi connectivity index (χ4v) is 4.95. The lowest BCUT2D eigenvalue weighted by molar-refractivity contribution is -0.0834. The van der Waals surface area contributed by atoms with E-state index in [1.54, 1.807) is 0 Å². The average molecular weight is 292 g/mol. The first-order valence-corrected chi connectivity index (χ1v) is 8.66. The predicted molar refractivity (Wildman–Crippen MR) is 84.0 cm³/mol. The Labute approximate surface area is 125 Å². The number of thioether (sulfide) groups is 1. The van der Waals surface area contributed by atoms with Crippen molar-refractivity contribution in [2.24, 2.45) is 11.7 Å². The number of pyridine rings is 1. The maximum Gasteiger partial charge on any atom is 0.0783 e. The van der Waals surface area contributed by atoms with Gasteiger partial charge in [-0.2, -0.15) is 11.8 Å². The monoisotopic (exact) mass is 292 g/mol. The van der Waals surface area contributed by atoms with E-state index >= 15 is 0 Å². The summed E-state index contributed by atoms with van der Waals surface area (Å²) >= 11 is 2.02. The Hall–Kier alpha value is -0.580. The van der Waals surface area contributed by atoms with Crippen molar-refractivity contribution >= 4 is 11.8 Å². The molecule has 0 aliphatic carbocycles. The van der Waals surface area contributed by atoms with Crippen molar-refractivity contribution in [2.75, 3.05) is 18.1 Å². The average Bonchev–Trinajstić information content (AvgIpc) is 2.85. The zero-order valence-electron chi connectivity index (χ0n) is 12.4. The number of nitrogens with two attached hydrogens (primary N) is 1. The fraction of sp³-hybridized carbons (Fsp3) is 0.688. The summed E-state index contributed by atoms with van der Waals surface area (Å²) in [6, 6.07) is 4.40. The molecule has 4 heteroatoms. The van der Waals surface area contributed by atoms with E-state index in [1.807, 2.05) is 25.6 Å². The van der Waals surface area contributed by atoms with E-state index in [0.29, 0.717) is 5.92 Å². The number of hydrogen-bond donors (Lipinski definition) is 1. The Morgan fingerprint density at radius 2 is 2.15 bits per heavy atom. The van der Waals surface area contributed by atoms with E-state index in [2.05, 4.69) is 17.1 Å². The minimum Gasteiger partial charge on any atom is -0.374 e. The summed E-state index contributed by atoms with van der Waals surface area (Å²) in [7, 11) is 0. The quantitative estimate of drug-likeness (QED) is 0.910. The summed E-state index contributed by atoms with van der Waals surface area (Å²) in [5.41, 5.74) is 10.0. The topological polar surface area (TPSA) is 48.1 Å². The maximum atomic E-state index is 6.57. The molecule has 2 aliphatic heterocycles. The second kappa shape index (κ2) is 5.66. The van der Waals surface area contributed by atoms with Crippen LogP contribution in [-0.4, -0.2) is 28.7 Å². The van der Waals surface area contributed by atoms with Crippen molar-refractivity contribution < 1.29 is 4.74 Å². The van der Waals surface area contributed by atoms with Crippen LogP contribution < -0.4 is 5.73 Å². The fourth-order valence-electron chi connectivity index (χ4n) is 3.57. The molecule has 2 saturated heterocycles. The van der Waals surface area contributed by atoms with Gasteiger partial charge >= 0.3 is 0 Å². The third kappa shape index (κ3) is 2.87. The van der Waals surface area contributed by atoms with Crippen LogP contribution in [0, 0.1) is 19.8 Å². The van der Waals surface area contributed by atoms with Gasteiger partial charge in [0, 0.05) is 29.8 Å². The van der Waals surface area contributed by atoms with Gasteiger partial charge in [0.05, 0.1) is 5.60 Å². The molecule has 0 radical (unpaired) electrons. The van der Waals surface area contributed by atoms with Gasteiger partial charge in [0.1, 0.15) is 0 Å². The smallest absolute Gasteiger partial charge is 0.0783 e. The number of rotatable bonds is 2. The molecule has 2 N–H and O–H groups in total. The van der Waals surface area contributed by atoms with Crippen molar-refractivity contribution in [1.29, 1.82) is 0 Å². The molecule has 20 heavy (non-hydrogen) atoms. The van der Waals surface area contributed by atoms with Crippen molar-refractivity contribution in [3.05, 3.63) is 29.1 Å². The highest BCUT2D eigenvalue weighted by atomic mass is 32.2. The van der Waals surface area contributed by atoms with Crippen molar-refractivity contribution in [3.8, 4) is 0 Å². The normalized spacial score (nSPS) is 31.6. The summed E-state index contributed by atoms with van der Waals surface area (Å²) in [4.78, 5) is 4.45. The Morgan fingerprint density at radius 3 is 2.80 bits per heavy atom. The van der Waals surface area contributed by atoms with Gasteiger partial charge in [0.25, 0.3) is 0 Å². The summed E-state index contributed by atoms with van der Waals surface area (Å²) in [5, 5.41) is 0. The first-order chi connectivity index (χ1) is 9.58. The molecule has 2 fully saturated rings. The van der Waals surface area contributed by atoms with E-state index in [0.717, 1.165) is 36.6 Å². The van der Waals surface area contributed by atoms with Gasteiger partial charge in [0.2, 0.25) is 0 Å². The van der Waals surface area contributed by atoms with Crippen LogP contribution in [0.3, 0.4) is 0 Å². The standard InChI is InChI=1S/C16H24N2OS/c1-11-7-14(8-12(2)18-11)15(17)13-3-5-19-16(9-13)4-6-20-10-16/h7-8,13,15H,3-6,9-10,17H2,1-2H3. The van der Waals surface area contributed by atoms with Gasteiger partial charge in [-0.1, -0.05) is 0 Å². The number of hydrogen-bond acceptors (Lipinski definition) is 4. The SMILES string of the molecule is Cc1cc(C(N)C2CCOC3(CCSC3)C2)cc(C)n1. The largest absolute Gasteiger partial charge is 0.374 e. The molecule has 0 aromatic carbocycles. The molecule has 3 rings (SSSR count). The Kier molecular flexibility index (Phi) is 4.07. The van der Waals surface area contributed by atoms with Gasteiger partial charge in [-0.15, -0.1) is 0 Å². The van der Waals surface area contributed by atoms with Crippen LogP contribution in [0.15, 0.2) is 12.1 Å². The molecule has 0 amide bonds. The van der Waals surface area contributed by atoms with E-state index < -0.39 is 0 Å². The van der Waals surface area contributed by atoms with E-state index in [9.17, 15) is 0 Å². The second-order valence-corrected chi connectivity index (χ2v) is 7.40. The Morgan fingerprint density at radius 1 is 1.40 bits per heavy atom. The Bertz CT molecular complexity index is 465. The molecule has 2 aliphatic rings. The van der Waals surface area contributed by atoms with E-state index in [4.69, 9.17) is 10.5 Å². The second-order valence-electron chi connectivity index (χ2n) is 6.30. The van der Waals surface area contributed by atoms with Crippen molar-refractivity contribution in [3.63, 3.8) is 0 Å². The van der Waals surface area contributed by atoms with E-state index in [-0.39, 0.29) is 11.6 Å². The third-order valence-electron chi connectivity index (χ3n) is 4.59. The molecule has 1 aromatic heterocycles. The van der Waals surface area contributed by atoms with Crippen LogP contribution >= 0.6 is 11.8 Å². The summed E-state index contributed by atoms with van der Waals surface area (Å²) in [6.07, 6.45) is 3.38. The van der Waals surface area contributed by atoms with Crippen LogP contribution in [0.4, 0.5) is 0 Å². The lowest BCUT2D eigenvalue weighted by Crippen LogP contribution is -2.42. The van der Waals surface area contributed by atoms with Gasteiger partial charge in [0.15, 0.2) is 0 Å². The number of nitrogens with zero attached hydrogens (tertiary/aromatic N) is 1. The van der Waals surface area contributed by atoms with Gasteiger partial charge in [-0.25, -0.2) is 0 Å². The lowest BCUT2D eigenvalue weighted by Gasteiger charge is -2.40. The minimum atomic E-state index is 0.113. The Balaban J connectivity index is 1.77. The molecular formula is C16H24N2OS. The zero-order valence-corrected chi connectivity index (χ0v) is 13.2. The third-order valence-corrected chi connectivity index (χ3v) is 5.82. The summed E-state index contributed by atoms with van der Waals surface area (Å²) in [6.45, 7) is 4.95. The summed E-state index contributed by atoms with van der Waals surface area (Å²) in [5.74, 6) is 2.91. The highest BCUT2D eigenvalue weighted by molar-refractivity contribution is 7.99. The minimum absolute atomic E-state index is 0.113. The molecule has 1 spiro atoms. The molecule has 1 aromatic rings. The van der Waals surface area contributed by atoms with Crippen LogP contribution in [-0.2, 0) is 4.74 Å². The molecule has 3 atom stereocenters. The molecule has 0 saturated carbocycles. The first kappa shape index (κ1) is 14.4. The molecule has 0 bridgehead atoms. The van der Waals surface area contributed by atoms with Crippen molar-refractivity contribution in [1.82, 2.24) is 4.98 Å². The van der Waals surface area contributed by atoms with Gasteiger partial charge in [-0.05, 0) is 62.5 Å². The lowest BCUT2D eigenvalue weighted by atomic mass is 9.79. The van der Waals surface area contributed by atoms with Crippen LogP contribution in [0.25, 0.3) is 0 Å². The molecule has 3 heterocycles. The molecule has 3 nitrogen and oxygen atoms in total. The number of aromatic nitrogens is 1. The van der Waals surface area contributed by atoms with Crippen molar-refractivity contribution in [2.45, 2.75) is 44.8 Å². The van der Waals surface area contributed by atoms with Crippen LogP contribution in [0.1, 0.15) is 42.3 Å².